The van der Waals surface area contributed by atoms with E-state index in [0.29, 0.717) is 52.8 Å². The molecule has 0 aliphatic carbocycles. The van der Waals surface area contributed by atoms with Crippen molar-refractivity contribution in [2.24, 2.45) is 5.92 Å². The summed E-state index contributed by atoms with van der Waals surface area (Å²) in [7, 11) is 0. The van der Waals surface area contributed by atoms with Gasteiger partial charge in [-0.1, -0.05) is 41.9 Å². The minimum Gasteiger partial charge on any atom is -0.466 e. The third kappa shape index (κ3) is 4.75. The summed E-state index contributed by atoms with van der Waals surface area (Å²) in [6.07, 6.45) is 1.86. The van der Waals surface area contributed by atoms with Gasteiger partial charge in [0, 0.05) is 40.7 Å². The number of piperidine rings is 1. The Hall–Kier alpha value is -3.45. The van der Waals surface area contributed by atoms with Crippen LogP contribution in [0.15, 0.2) is 57.7 Å². The first-order chi connectivity index (χ1) is 16.4. The number of amides is 1. The second-order valence-electron chi connectivity index (χ2n) is 8.20. The number of nitrogens with zero attached hydrogens (tertiary/aromatic N) is 1. The maximum absolute atomic E-state index is 13.2. The molecule has 2 heterocycles. The lowest BCUT2D eigenvalue weighted by Crippen LogP contribution is -2.45. The number of ether oxygens (including phenoxy) is 1. The zero-order valence-electron chi connectivity index (χ0n) is 18.7. The summed E-state index contributed by atoms with van der Waals surface area (Å²) in [5, 5.41) is 1.12. The molecule has 0 saturated carbocycles. The first kappa shape index (κ1) is 23.7. The van der Waals surface area contributed by atoms with E-state index in [1.54, 1.807) is 43.3 Å². The van der Waals surface area contributed by atoms with Crippen LogP contribution in [0.1, 0.15) is 31.2 Å². The molecule has 3 aromatic rings. The van der Waals surface area contributed by atoms with Crippen LogP contribution < -0.4 is 5.63 Å². The van der Waals surface area contributed by atoms with E-state index in [1.165, 1.54) is 11.0 Å². The van der Waals surface area contributed by atoms with Crippen LogP contribution in [0.5, 0.6) is 0 Å². The third-order valence-electron chi connectivity index (χ3n) is 6.05. The van der Waals surface area contributed by atoms with Gasteiger partial charge in [0.2, 0.25) is 5.91 Å². The van der Waals surface area contributed by atoms with Crippen LogP contribution in [0.25, 0.3) is 22.1 Å². The number of hydrogen-bond donors (Lipinski definition) is 0. The van der Waals surface area contributed by atoms with Gasteiger partial charge in [0.1, 0.15) is 17.8 Å². The molecule has 0 radical (unpaired) electrons. The second-order valence-corrected chi connectivity index (χ2v) is 8.61. The fourth-order valence-electron chi connectivity index (χ4n) is 4.38. The number of rotatable bonds is 6. The number of likely N-dealkylation sites (tertiary alicyclic amines) is 1. The lowest BCUT2D eigenvalue weighted by molar-refractivity contribution is -0.151. The number of carbonyl (C=O) groups is 3. The van der Waals surface area contributed by atoms with Gasteiger partial charge in [0.05, 0.1) is 12.5 Å². The molecule has 7 nitrogen and oxygen atoms in total. The molecule has 0 bridgehead atoms. The van der Waals surface area contributed by atoms with Crippen LogP contribution in [-0.2, 0) is 19.1 Å². The van der Waals surface area contributed by atoms with Crippen LogP contribution >= 0.6 is 11.6 Å². The van der Waals surface area contributed by atoms with Crippen molar-refractivity contribution in [1.29, 1.82) is 0 Å². The molecule has 1 fully saturated rings. The predicted molar refractivity (Wildman–Crippen MR) is 128 cm³/mol. The van der Waals surface area contributed by atoms with Crippen molar-refractivity contribution in [2.45, 2.75) is 25.7 Å². The topological polar surface area (TPSA) is 93.9 Å². The summed E-state index contributed by atoms with van der Waals surface area (Å²) in [5.74, 6) is -2.22. The van der Waals surface area contributed by atoms with E-state index < -0.39 is 23.4 Å². The molecule has 1 aliphatic rings. The lowest BCUT2D eigenvalue weighted by Gasteiger charge is -2.33. The van der Waals surface area contributed by atoms with E-state index in [2.05, 4.69) is 0 Å². The first-order valence-electron chi connectivity index (χ1n) is 11.2. The molecule has 1 aliphatic heterocycles. The van der Waals surface area contributed by atoms with Gasteiger partial charge in [-0.2, -0.15) is 0 Å². The highest BCUT2D eigenvalue weighted by Gasteiger charge is 2.33. The zero-order valence-corrected chi connectivity index (χ0v) is 19.4. The average molecular weight is 482 g/mol. The molecule has 2 atom stereocenters. The minimum absolute atomic E-state index is 0.210. The summed E-state index contributed by atoms with van der Waals surface area (Å²) in [6.45, 7) is 2.68. The molecular weight excluding hydrogens is 458 g/mol. The normalized spacial score (nSPS) is 16.8. The van der Waals surface area contributed by atoms with Crippen molar-refractivity contribution in [3.8, 4) is 11.1 Å². The van der Waals surface area contributed by atoms with Gasteiger partial charge < -0.3 is 18.8 Å². The molecule has 0 N–H and O–H groups in total. The van der Waals surface area contributed by atoms with Gasteiger partial charge in [-0.25, -0.2) is 4.79 Å². The van der Waals surface area contributed by atoms with E-state index in [0.717, 1.165) is 0 Å². The van der Waals surface area contributed by atoms with Crippen molar-refractivity contribution < 1.29 is 23.5 Å². The van der Waals surface area contributed by atoms with Crippen LogP contribution in [0.2, 0.25) is 5.02 Å². The molecule has 8 heteroatoms. The van der Waals surface area contributed by atoms with Crippen LogP contribution in [0, 0.1) is 5.92 Å². The number of aldehydes is 1. The minimum atomic E-state index is -1.08. The van der Waals surface area contributed by atoms with Gasteiger partial charge >= 0.3 is 11.6 Å². The van der Waals surface area contributed by atoms with E-state index >= 15 is 0 Å². The zero-order chi connectivity index (χ0) is 24.2. The highest BCUT2D eigenvalue weighted by atomic mass is 35.5. The Balaban J connectivity index is 1.66. The van der Waals surface area contributed by atoms with E-state index in [1.807, 2.05) is 6.07 Å². The first-order valence-corrected chi connectivity index (χ1v) is 11.5. The van der Waals surface area contributed by atoms with Crippen LogP contribution in [-0.4, -0.2) is 42.8 Å². The molecule has 2 aromatic carbocycles. The molecule has 34 heavy (non-hydrogen) atoms. The largest absolute Gasteiger partial charge is 0.466 e. The Kier molecular flexibility index (Phi) is 7.12. The van der Waals surface area contributed by atoms with E-state index in [-0.39, 0.29) is 24.7 Å². The van der Waals surface area contributed by atoms with Crippen molar-refractivity contribution in [3.63, 3.8) is 0 Å². The van der Waals surface area contributed by atoms with Crippen LogP contribution in [0.3, 0.4) is 0 Å². The van der Waals surface area contributed by atoms with Crippen molar-refractivity contribution >= 4 is 40.7 Å². The SMILES string of the molecule is CCOC(=O)[C@H]1CCCN(C(=O)C(C=O)c2ccc3c(-c4ccccc4Cl)cc(=O)oc3c2)C1. The molecule has 1 unspecified atom stereocenters. The highest BCUT2D eigenvalue weighted by Crippen LogP contribution is 2.34. The molecule has 4 rings (SSSR count). The van der Waals surface area contributed by atoms with Crippen LogP contribution in [0.4, 0.5) is 0 Å². The summed E-state index contributed by atoms with van der Waals surface area (Å²) < 4.78 is 10.5. The van der Waals surface area contributed by atoms with Crippen molar-refractivity contribution in [3.05, 3.63) is 69.5 Å². The Morgan fingerprint density at radius 3 is 2.74 bits per heavy atom. The van der Waals surface area contributed by atoms with Gasteiger partial charge in [-0.05, 0) is 37.5 Å². The van der Waals surface area contributed by atoms with Gasteiger partial charge in [-0.3, -0.25) is 9.59 Å². The Morgan fingerprint density at radius 1 is 1.21 bits per heavy atom. The maximum atomic E-state index is 13.2. The van der Waals surface area contributed by atoms with Crippen molar-refractivity contribution in [2.75, 3.05) is 19.7 Å². The number of halogens is 1. The van der Waals surface area contributed by atoms with Gasteiger partial charge in [0.25, 0.3) is 0 Å². The number of hydrogen-bond acceptors (Lipinski definition) is 6. The molecular formula is C26H24ClNO6. The lowest BCUT2D eigenvalue weighted by atomic mass is 9.93. The maximum Gasteiger partial charge on any atom is 0.336 e. The Labute approximate surface area is 201 Å². The molecule has 0 spiro atoms. The number of benzene rings is 2. The summed E-state index contributed by atoms with van der Waals surface area (Å²) >= 11 is 6.33. The van der Waals surface area contributed by atoms with Crippen molar-refractivity contribution in [1.82, 2.24) is 4.90 Å². The second kappa shape index (κ2) is 10.2. The summed E-state index contributed by atoms with van der Waals surface area (Å²) in [5.41, 5.74) is 1.37. The quantitative estimate of drug-likeness (QED) is 0.227. The standard InChI is InChI=1S/C26H24ClNO6/c1-2-33-26(32)17-6-5-11-28(14-17)25(31)21(15-29)16-9-10-19-20(13-24(30)34-23(19)12-16)18-7-3-4-8-22(18)27/h3-4,7-10,12-13,15,17,21H,2,5-6,11,14H2,1H3/t17-,21?/m0/s1. The third-order valence-corrected chi connectivity index (χ3v) is 6.38. The van der Waals surface area contributed by atoms with E-state index in [4.69, 9.17) is 20.8 Å². The fraction of sp³-hybridized carbons (Fsp3) is 0.308. The molecule has 1 saturated heterocycles. The average Bonchev–Trinajstić information content (AvgIpc) is 2.84. The Morgan fingerprint density at radius 2 is 2.00 bits per heavy atom. The van der Waals surface area contributed by atoms with Gasteiger partial charge in [0.15, 0.2) is 0 Å². The van der Waals surface area contributed by atoms with E-state index in [9.17, 15) is 19.2 Å². The van der Waals surface area contributed by atoms with Gasteiger partial charge in [-0.15, -0.1) is 0 Å². The molecule has 1 amide bonds. The number of carbonyl (C=O) groups excluding carboxylic acids is 3. The molecule has 1 aromatic heterocycles. The highest BCUT2D eigenvalue weighted by molar-refractivity contribution is 6.33. The predicted octanol–water partition coefficient (Wildman–Crippen LogP) is 4.20. The number of fused-ring (bicyclic) bond motifs is 1. The monoisotopic (exact) mass is 481 g/mol. The fourth-order valence-corrected chi connectivity index (χ4v) is 4.62. The summed E-state index contributed by atoms with van der Waals surface area (Å²) in [6, 6.07) is 13.5. The Bertz CT molecular complexity index is 1300. The summed E-state index contributed by atoms with van der Waals surface area (Å²) in [4.78, 5) is 51.2. The number of esters is 1. The molecule has 176 valence electrons. The smallest absolute Gasteiger partial charge is 0.336 e.